The number of halogens is 6. The Bertz CT molecular complexity index is 1270. The Hall–Kier alpha value is -2.96. The zero-order chi connectivity index (χ0) is 28.6. The molecule has 1 aliphatic rings. The van der Waals surface area contributed by atoms with Crippen LogP contribution >= 0.6 is 0 Å². The SMILES string of the molecule is CC1[C@H](CCC(C)(F)F)CN(c2ccc(F)cc2)c2cc(C(F)(F)F)c(OC[C@@H](C)C(=O)O)cc2S1(=O)=O. The third-order valence-corrected chi connectivity index (χ3v) is 8.84. The molecule has 1 N–H and O–H groups in total. The van der Waals surface area contributed by atoms with Gasteiger partial charge in [0.1, 0.15) is 18.2 Å². The van der Waals surface area contributed by atoms with Crippen molar-refractivity contribution in [3.05, 3.63) is 47.8 Å². The van der Waals surface area contributed by atoms with E-state index in [1.54, 1.807) is 0 Å². The van der Waals surface area contributed by atoms with Gasteiger partial charge in [-0.3, -0.25) is 4.79 Å². The Morgan fingerprint density at radius 3 is 2.29 bits per heavy atom. The van der Waals surface area contributed by atoms with Gasteiger partial charge in [-0.2, -0.15) is 13.2 Å². The second-order valence-electron chi connectivity index (χ2n) is 9.57. The maximum Gasteiger partial charge on any atom is 0.420 e. The summed E-state index contributed by atoms with van der Waals surface area (Å²) in [6, 6.07) is 5.87. The summed E-state index contributed by atoms with van der Waals surface area (Å²) in [5.74, 6) is -8.06. The Kier molecular flexibility index (Phi) is 8.30. The summed E-state index contributed by atoms with van der Waals surface area (Å²) in [5.41, 5.74) is -1.56. The molecule has 0 saturated heterocycles. The standard InChI is InChI=1S/C25H27F6NO5S/c1-14(23(33)34)13-37-21-11-22-20(10-19(21)25(29,30)31)32(18-6-4-17(26)5-7-18)12-16(8-9-24(3,27)28)15(2)38(22,35)36/h4-7,10-11,14-16H,8-9,12-13H2,1-3H3,(H,33,34)/t14-,15?,16-/m1/s1. The summed E-state index contributed by atoms with van der Waals surface area (Å²) in [5, 5.41) is 7.80. The number of carboxylic acids is 1. The monoisotopic (exact) mass is 567 g/mol. The number of carboxylic acid groups (broad SMARTS) is 1. The number of hydrogen-bond donors (Lipinski definition) is 1. The van der Waals surface area contributed by atoms with Crippen molar-refractivity contribution >= 4 is 27.2 Å². The number of rotatable bonds is 8. The van der Waals surface area contributed by atoms with E-state index in [0.717, 1.165) is 12.1 Å². The molecular formula is C25H27F6NO5S. The smallest absolute Gasteiger partial charge is 0.420 e. The van der Waals surface area contributed by atoms with Gasteiger partial charge in [-0.1, -0.05) is 0 Å². The first-order valence-corrected chi connectivity index (χ1v) is 13.2. The molecule has 2 aromatic rings. The average Bonchev–Trinajstić information content (AvgIpc) is 2.88. The number of carbonyl (C=O) groups is 1. The Balaban J connectivity index is 2.25. The van der Waals surface area contributed by atoms with Crippen molar-refractivity contribution in [1.82, 2.24) is 0 Å². The van der Waals surface area contributed by atoms with E-state index in [1.165, 1.54) is 30.9 Å². The van der Waals surface area contributed by atoms with Gasteiger partial charge in [0.15, 0.2) is 9.84 Å². The van der Waals surface area contributed by atoms with E-state index in [1.807, 2.05) is 0 Å². The van der Waals surface area contributed by atoms with Crippen LogP contribution in [0.15, 0.2) is 41.3 Å². The molecule has 3 rings (SSSR count). The number of aliphatic carboxylic acids is 1. The molecule has 38 heavy (non-hydrogen) atoms. The number of benzene rings is 2. The van der Waals surface area contributed by atoms with E-state index >= 15 is 0 Å². The molecule has 210 valence electrons. The lowest BCUT2D eigenvalue weighted by molar-refractivity contribution is -0.142. The lowest BCUT2D eigenvalue weighted by Crippen LogP contribution is -2.33. The molecule has 0 spiro atoms. The molecule has 0 bridgehead atoms. The average molecular weight is 568 g/mol. The molecule has 0 radical (unpaired) electrons. The van der Waals surface area contributed by atoms with Gasteiger partial charge in [0.25, 0.3) is 0 Å². The summed E-state index contributed by atoms with van der Waals surface area (Å²) < 4.78 is 116. The Labute approximate surface area is 216 Å². The van der Waals surface area contributed by atoms with Crippen LogP contribution in [0, 0.1) is 17.7 Å². The molecule has 0 aromatic heterocycles. The largest absolute Gasteiger partial charge is 0.492 e. The summed E-state index contributed by atoms with van der Waals surface area (Å²) in [4.78, 5) is 11.8. The zero-order valence-electron chi connectivity index (χ0n) is 20.7. The highest BCUT2D eigenvalue weighted by Crippen LogP contribution is 2.47. The van der Waals surface area contributed by atoms with Gasteiger partial charge in [0.2, 0.25) is 5.92 Å². The van der Waals surface area contributed by atoms with Crippen LogP contribution in [0.25, 0.3) is 0 Å². The number of sulfone groups is 1. The molecule has 0 fully saturated rings. The second kappa shape index (κ2) is 10.7. The van der Waals surface area contributed by atoms with Gasteiger partial charge in [-0.15, -0.1) is 0 Å². The van der Waals surface area contributed by atoms with Crippen LogP contribution in [-0.2, 0) is 20.8 Å². The van der Waals surface area contributed by atoms with Crippen LogP contribution in [-0.4, -0.2) is 43.8 Å². The van der Waals surface area contributed by atoms with Crippen molar-refractivity contribution < 1.29 is 49.4 Å². The predicted molar refractivity (Wildman–Crippen MR) is 127 cm³/mol. The maximum absolute atomic E-state index is 14.1. The number of alkyl halides is 5. The number of fused-ring (bicyclic) bond motifs is 1. The fraction of sp³-hybridized carbons (Fsp3) is 0.480. The van der Waals surface area contributed by atoms with E-state index in [2.05, 4.69) is 0 Å². The first-order chi connectivity index (χ1) is 17.4. The van der Waals surface area contributed by atoms with Crippen LogP contribution in [0.3, 0.4) is 0 Å². The topological polar surface area (TPSA) is 83.9 Å². The van der Waals surface area contributed by atoms with Crippen molar-refractivity contribution in [2.45, 2.75) is 55.9 Å². The fourth-order valence-corrected chi connectivity index (χ4v) is 6.04. The Morgan fingerprint density at radius 1 is 1.16 bits per heavy atom. The molecule has 0 saturated carbocycles. The van der Waals surface area contributed by atoms with E-state index in [4.69, 9.17) is 9.84 Å². The van der Waals surface area contributed by atoms with Crippen LogP contribution < -0.4 is 9.64 Å². The number of hydrogen-bond acceptors (Lipinski definition) is 5. The van der Waals surface area contributed by atoms with E-state index in [9.17, 15) is 39.6 Å². The second-order valence-corrected chi connectivity index (χ2v) is 11.8. The first kappa shape index (κ1) is 29.6. The minimum Gasteiger partial charge on any atom is -0.492 e. The molecule has 0 aliphatic carbocycles. The van der Waals surface area contributed by atoms with Crippen molar-refractivity contribution in [2.24, 2.45) is 11.8 Å². The summed E-state index contributed by atoms with van der Waals surface area (Å²) in [6.07, 6.45) is -5.92. The van der Waals surface area contributed by atoms with Gasteiger partial charge >= 0.3 is 12.1 Å². The third-order valence-electron chi connectivity index (χ3n) is 6.54. The van der Waals surface area contributed by atoms with Crippen molar-refractivity contribution in [3.63, 3.8) is 0 Å². The fourth-order valence-electron chi connectivity index (χ4n) is 4.18. The molecule has 1 aliphatic heterocycles. The van der Waals surface area contributed by atoms with Crippen molar-refractivity contribution in [3.8, 4) is 5.75 Å². The molecule has 0 amide bonds. The molecule has 3 atom stereocenters. The highest BCUT2D eigenvalue weighted by molar-refractivity contribution is 7.92. The van der Waals surface area contributed by atoms with E-state index < -0.39 is 80.0 Å². The number of nitrogens with zero attached hydrogens (tertiary/aromatic N) is 1. The van der Waals surface area contributed by atoms with Crippen molar-refractivity contribution in [1.29, 1.82) is 0 Å². The molecule has 1 heterocycles. The zero-order valence-corrected chi connectivity index (χ0v) is 21.5. The minimum atomic E-state index is -5.02. The molecule has 13 heteroatoms. The number of anilines is 2. The van der Waals surface area contributed by atoms with Gasteiger partial charge in [0.05, 0.1) is 27.3 Å². The molecule has 6 nitrogen and oxygen atoms in total. The third kappa shape index (κ3) is 6.54. The van der Waals surface area contributed by atoms with Gasteiger partial charge in [-0.25, -0.2) is 21.6 Å². The highest BCUT2D eigenvalue weighted by atomic mass is 32.2. The molecule has 1 unspecified atom stereocenters. The van der Waals surface area contributed by atoms with Crippen LogP contribution in [0.5, 0.6) is 5.75 Å². The Morgan fingerprint density at radius 2 is 1.76 bits per heavy atom. The lowest BCUT2D eigenvalue weighted by Gasteiger charge is -2.29. The van der Waals surface area contributed by atoms with Crippen LogP contribution in [0.2, 0.25) is 0 Å². The summed E-state index contributed by atoms with van der Waals surface area (Å²) in [7, 11) is -4.39. The van der Waals surface area contributed by atoms with E-state index in [0.29, 0.717) is 19.1 Å². The highest BCUT2D eigenvalue weighted by Gasteiger charge is 2.43. The molecular weight excluding hydrogens is 540 g/mol. The van der Waals surface area contributed by atoms with Gasteiger partial charge in [0, 0.05) is 24.7 Å². The van der Waals surface area contributed by atoms with Crippen molar-refractivity contribution in [2.75, 3.05) is 18.1 Å². The van der Waals surface area contributed by atoms with E-state index in [-0.39, 0.29) is 24.3 Å². The summed E-state index contributed by atoms with van der Waals surface area (Å²) >= 11 is 0. The lowest BCUT2D eigenvalue weighted by atomic mass is 9.96. The summed E-state index contributed by atoms with van der Waals surface area (Å²) in [6.45, 7) is 2.30. The maximum atomic E-state index is 14.1. The normalized spacial score (nSPS) is 20.4. The van der Waals surface area contributed by atoms with Gasteiger partial charge in [-0.05, 0) is 63.4 Å². The first-order valence-electron chi connectivity index (χ1n) is 11.7. The van der Waals surface area contributed by atoms with Crippen LogP contribution in [0.1, 0.15) is 39.2 Å². The minimum absolute atomic E-state index is 0.159. The van der Waals surface area contributed by atoms with Gasteiger partial charge < -0.3 is 14.7 Å². The number of ether oxygens (including phenoxy) is 1. The predicted octanol–water partition coefficient (Wildman–Crippen LogP) is 6.31. The molecule has 2 aromatic carbocycles. The van der Waals surface area contributed by atoms with Crippen LogP contribution in [0.4, 0.5) is 37.7 Å². The quantitative estimate of drug-likeness (QED) is 0.377.